The van der Waals surface area contributed by atoms with Crippen molar-refractivity contribution in [3.63, 3.8) is 0 Å². The molecule has 0 saturated heterocycles. The lowest BCUT2D eigenvalue weighted by Gasteiger charge is -2.12. The van der Waals surface area contributed by atoms with Crippen LogP contribution in [0.15, 0.2) is 17.1 Å². The molecule has 0 bridgehead atoms. The average molecular weight is 273 g/mol. The molecule has 0 aliphatic heterocycles. The number of hydrogen-bond donors (Lipinski definition) is 1. The van der Waals surface area contributed by atoms with E-state index in [4.69, 9.17) is 0 Å². The second-order valence-corrected chi connectivity index (χ2v) is 5.89. The quantitative estimate of drug-likeness (QED) is 0.866. The third-order valence-electron chi connectivity index (χ3n) is 3.78. The van der Waals surface area contributed by atoms with E-state index in [2.05, 4.69) is 33.0 Å². The lowest BCUT2D eigenvalue weighted by molar-refractivity contribution is 0.709. The van der Waals surface area contributed by atoms with Crippen LogP contribution in [0.4, 0.5) is 5.82 Å². The molecule has 1 aliphatic rings. The molecule has 0 unspecified atom stereocenters. The highest BCUT2D eigenvalue weighted by Gasteiger charge is 2.14. The molecule has 2 aromatic rings. The zero-order chi connectivity index (χ0) is 13.1. The Morgan fingerprint density at radius 3 is 2.89 bits per heavy atom. The summed E-state index contributed by atoms with van der Waals surface area (Å²) in [5.41, 5.74) is 5.31. The van der Waals surface area contributed by atoms with Gasteiger partial charge < -0.3 is 5.32 Å². The maximum Gasteiger partial charge on any atom is 0.133 e. The molecule has 3 nitrogen and oxygen atoms in total. The summed E-state index contributed by atoms with van der Waals surface area (Å²) in [5.74, 6) is 1.04. The van der Waals surface area contributed by atoms with Crippen molar-refractivity contribution in [3.05, 3.63) is 39.5 Å². The predicted molar refractivity (Wildman–Crippen MR) is 79.7 cm³/mol. The van der Waals surface area contributed by atoms with Gasteiger partial charge in [-0.05, 0) is 54.5 Å². The Morgan fingerprint density at radius 1 is 1.16 bits per heavy atom. The second kappa shape index (κ2) is 5.70. The second-order valence-electron chi connectivity index (χ2n) is 5.14. The van der Waals surface area contributed by atoms with Crippen LogP contribution in [0.1, 0.15) is 41.6 Å². The van der Waals surface area contributed by atoms with Gasteiger partial charge in [0.15, 0.2) is 0 Å². The first-order valence-corrected chi connectivity index (χ1v) is 7.87. The largest absolute Gasteiger partial charge is 0.366 e. The van der Waals surface area contributed by atoms with Gasteiger partial charge in [-0.1, -0.05) is 6.42 Å². The first kappa shape index (κ1) is 12.6. The lowest BCUT2D eigenvalue weighted by atomic mass is 10.1. The summed E-state index contributed by atoms with van der Waals surface area (Å²) >= 11 is 1.76. The van der Waals surface area contributed by atoms with Crippen LogP contribution in [-0.2, 0) is 19.4 Å². The lowest BCUT2D eigenvalue weighted by Crippen LogP contribution is -2.08. The molecule has 2 aromatic heterocycles. The zero-order valence-electron chi connectivity index (χ0n) is 11.3. The zero-order valence-corrected chi connectivity index (χ0v) is 12.1. The van der Waals surface area contributed by atoms with Crippen molar-refractivity contribution in [3.8, 4) is 0 Å². The van der Waals surface area contributed by atoms with E-state index in [0.29, 0.717) is 0 Å². The minimum atomic E-state index is 0.860. The van der Waals surface area contributed by atoms with Gasteiger partial charge in [-0.2, -0.15) is 11.3 Å². The number of nitrogens with one attached hydrogen (secondary N) is 1. The van der Waals surface area contributed by atoms with Crippen molar-refractivity contribution in [1.82, 2.24) is 9.97 Å². The van der Waals surface area contributed by atoms with Crippen LogP contribution < -0.4 is 5.32 Å². The number of hydrogen-bond acceptors (Lipinski definition) is 4. The van der Waals surface area contributed by atoms with E-state index in [0.717, 1.165) is 25.2 Å². The van der Waals surface area contributed by atoms with E-state index < -0.39 is 0 Å². The van der Waals surface area contributed by atoms with Crippen LogP contribution in [-0.4, -0.2) is 9.97 Å². The summed E-state index contributed by atoms with van der Waals surface area (Å²) in [6.07, 6.45) is 7.73. The van der Waals surface area contributed by atoms with E-state index in [1.54, 1.807) is 17.7 Å². The smallest absolute Gasteiger partial charge is 0.133 e. The van der Waals surface area contributed by atoms with E-state index in [1.165, 1.54) is 41.6 Å². The van der Waals surface area contributed by atoms with Gasteiger partial charge in [-0.25, -0.2) is 9.97 Å². The molecule has 4 heteroatoms. The van der Waals surface area contributed by atoms with Gasteiger partial charge in [0.1, 0.15) is 12.1 Å². The highest BCUT2D eigenvalue weighted by atomic mass is 32.1. The van der Waals surface area contributed by atoms with Gasteiger partial charge in [-0.15, -0.1) is 0 Å². The van der Waals surface area contributed by atoms with E-state index in [9.17, 15) is 0 Å². The first-order valence-electron chi connectivity index (χ1n) is 6.93. The van der Waals surface area contributed by atoms with Gasteiger partial charge in [0, 0.05) is 17.8 Å². The van der Waals surface area contributed by atoms with Crippen molar-refractivity contribution in [2.45, 2.75) is 45.6 Å². The molecule has 0 fully saturated rings. The highest BCUT2D eigenvalue weighted by molar-refractivity contribution is 7.08. The first-order chi connectivity index (χ1) is 9.34. The maximum absolute atomic E-state index is 4.45. The van der Waals surface area contributed by atoms with E-state index in [-0.39, 0.29) is 0 Å². The van der Waals surface area contributed by atoms with Gasteiger partial charge in [-0.3, -0.25) is 0 Å². The minimum Gasteiger partial charge on any atom is -0.366 e. The van der Waals surface area contributed by atoms with Crippen molar-refractivity contribution in [2.24, 2.45) is 0 Å². The summed E-state index contributed by atoms with van der Waals surface area (Å²) in [7, 11) is 0. The molecule has 3 rings (SSSR count). The molecule has 0 amide bonds. The summed E-state index contributed by atoms with van der Waals surface area (Å²) in [6, 6.07) is 0. The van der Waals surface area contributed by atoms with Gasteiger partial charge in [0.2, 0.25) is 0 Å². The molecule has 0 radical (unpaired) electrons. The van der Waals surface area contributed by atoms with E-state index in [1.807, 2.05) is 0 Å². The third kappa shape index (κ3) is 2.78. The fraction of sp³-hybridized carbons (Fsp3) is 0.467. The Kier molecular flexibility index (Phi) is 3.78. The number of aromatic nitrogens is 2. The molecule has 1 N–H and O–H groups in total. The average Bonchev–Trinajstić information content (AvgIpc) is 2.69. The van der Waals surface area contributed by atoms with Crippen LogP contribution in [0.5, 0.6) is 0 Å². The van der Waals surface area contributed by atoms with Crippen LogP contribution in [0, 0.1) is 6.92 Å². The number of thiophene rings is 1. The Hall–Kier alpha value is -1.42. The van der Waals surface area contributed by atoms with Gasteiger partial charge >= 0.3 is 0 Å². The molecule has 0 saturated carbocycles. The summed E-state index contributed by atoms with van der Waals surface area (Å²) in [6.45, 7) is 3.02. The Morgan fingerprint density at radius 2 is 2.05 bits per heavy atom. The van der Waals surface area contributed by atoms with Crippen molar-refractivity contribution in [2.75, 3.05) is 5.32 Å². The minimum absolute atomic E-state index is 0.860. The Balaban J connectivity index is 1.79. The van der Waals surface area contributed by atoms with Gasteiger partial charge in [0.05, 0.1) is 0 Å². The highest BCUT2D eigenvalue weighted by Crippen LogP contribution is 2.24. The monoisotopic (exact) mass is 273 g/mol. The van der Waals surface area contributed by atoms with Crippen molar-refractivity contribution >= 4 is 17.2 Å². The summed E-state index contributed by atoms with van der Waals surface area (Å²) < 4.78 is 0. The van der Waals surface area contributed by atoms with Crippen LogP contribution >= 0.6 is 11.3 Å². The summed E-state index contributed by atoms with van der Waals surface area (Å²) in [4.78, 5) is 8.90. The molecule has 2 heterocycles. The topological polar surface area (TPSA) is 37.8 Å². The van der Waals surface area contributed by atoms with Crippen LogP contribution in [0.2, 0.25) is 0 Å². The predicted octanol–water partition coefficient (Wildman–Crippen LogP) is 3.73. The molecule has 0 spiro atoms. The van der Waals surface area contributed by atoms with Crippen molar-refractivity contribution in [1.29, 1.82) is 0 Å². The maximum atomic E-state index is 4.45. The summed E-state index contributed by atoms with van der Waals surface area (Å²) in [5, 5.41) is 7.90. The van der Waals surface area contributed by atoms with Gasteiger partial charge in [0.25, 0.3) is 0 Å². The number of aryl methyl sites for hydroxylation is 2. The number of nitrogens with zero attached hydrogens (tertiary/aromatic N) is 2. The Labute approximate surface area is 118 Å². The molecule has 0 atom stereocenters. The number of fused-ring (bicyclic) bond motifs is 1. The SMILES string of the molecule is Cc1cscc1CNc1ncnc2c1CCCCC2. The molecular formula is C15H19N3S. The molecule has 1 aliphatic carbocycles. The molecule has 100 valence electrons. The van der Waals surface area contributed by atoms with Crippen LogP contribution in [0.3, 0.4) is 0 Å². The normalized spacial score (nSPS) is 14.8. The fourth-order valence-corrected chi connectivity index (χ4v) is 3.45. The third-order valence-corrected chi connectivity index (χ3v) is 4.69. The number of anilines is 1. The molecular weight excluding hydrogens is 254 g/mol. The number of rotatable bonds is 3. The standard InChI is InChI=1S/C15H19N3S/c1-11-8-19-9-12(11)7-16-15-13-5-3-2-4-6-14(13)17-10-18-15/h8-10H,2-7H2,1H3,(H,16,17,18). The fourth-order valence-electron chi connectivity index (χ4n) is 2.60. The Bertz CT molecular complexity index is 562. The van der Waals surface area contributed by atoms with E-state index >= 15 is 0 Å². The molecule has 0 aromatic carbocycles. The van der Waals surface area contributed by atoms with Crippen molar-refractivity contribution < 1.29 is 0 Å². The molecule has 19 heavy (non-hydrogen) atoms. The van der Waals surface area contributed by atoms with Crippen LogP contribution in [0.25, 0.3) is 0 Å².